The molecule has 0 N–H and O–H groups in total. The molecular weight excluding hydrogens is 681 g/mol. The van der Waals surface area contributed by atoms with Gasteiger partial charge >= 0.3 is 0 Å². The van der Waals surface area contributed by atoms with E-state index in [9.17, 15) is 0 Å². The Hall–Kier alpha value is -6.58. The van der Waals surface area contributed by atoms with Crippen molar-refractivity contribution in [3.05, 3.63) is 193 Å². The Morgan fingerprint density at radius 1 is 0.482 bits per heavy atom. The summed E-state index contributed by atoms with van der Waals surface area (Å²) < 4.78 is 6.91. The lowest BCUT2D eigenvalue weighted by Gasteiger charge is -2.37. The molecule has 9 rings (SSSR count). The first-order valence-electron chi connectivity index (χ1n) is 19.4. The van der Waals surface area contributed by atoms with Crippen molar-refractivity contribution < 1.29 is 4.74 Å². The van der Waals surface area contributed by atoms with Crippen molar-refractivity contribution in [3.63, 3.8) is 0 Å². The Balaban J connectivity index is 1.38. The normalized spacial score (nSPS) is 13.0. The summed E-state index contributed by atoms with van der Waals surface area (Å²) in [5.74, 6) is 2.35. The highest BCUT2D eigenvalue weighted by molar-refractivity contribution is 6.07. The highest BCUT2D eigenvalue weighted by Gasteiger charge is 2.38. The van der Waals surface area contributed by atoms with Gasteiger partial charge in [-0.25, -0.2) is 9.97 Å². The van der Waals surface area contributed by atoms with Crippen LogP contribution < -0.4 is 4.74 Å². The predicted octanol–water partition coefficient (Wildman–Crippen LogP) is 14.2. The van der Waals surface area contributed by atoms with Gasteiger partial charge in [-0.05, 0) is 73.7 Å². The minimum absolute atomic E-state index is 0.207. The summed E-state index contributed by atoms with van der Waals surface area (Å²) in [5.41, 5.74) is 14.9. The van der Waals surface area contributed by atoms with E-state index in [0.717, 1.165) is 78.4 Å². The summed E-state index contributed by atoms with van der Waals surface area (Å²) >= 11 is 0. The smallest absolute Gasteiger partial charge is 0.163 e. The van der Waals surface area contributed by atoms with Crippen LogP contribution in [0.3, 0.4) is 0 Å². The Morgan fingerprint density at radius 2 is 1.00 bits per heavy atom. The molecule has 1 aliphatic heterocycles. The third-order valence-electron chi connectivity index (χ3n) is 11.2. The van der Waals surface area contributed by atoms with Crippen molar-refractivity contribution in [1.82, 2.24) is 9.97 Å². The Kier molecular flexibility index (Phi) is 8.74. The molecule has 8 aromatic rings. The van der Waals surface area contributed by atoms with E-state index in [0.29, 0.717) is 5.82 Å². The Labute approximate surface area is 330 Å². The highest BCUT2D eigenvalue weighted by atomic mass is 16.5. The fourth-order valence-corrected chi connectivity index (χ4v) is 8.42. The Morgan fingerprint density at radius 3 is 1.59 bits per heavy atom. The van der Waals surface area contributed by atoms with Gasteiger partial charge in [0.05, 0.1) is 11.3 Å². The molecule has 1 aliphatic rings. The number of nitrogens with zero attached hydrogens (tertiary/aromatic N) is 2. The van der Waals surface area contributed by atoms with E-state index in [1.54, 1.807) is 0 Å². The van der Waals surface area contributed by atoms with Crippen LogP contribution in [0.25, 0.3) is 67.2 Å². The number of rotatable bonds is 6. The number of hydrogen-bond donors (Lipinski definition) is 0. The molecule has 0 saturated heterocycles. The molecule has 0 fully saturated rings. The second-order valence-electron chi connectivity index (χ2n) is 16.2. The van der Waals surface area contributed by atoms with Gasteiger partial charge in [0, 0.05) is 28.3 Å². The SMILES string of the molecule is CC(C)(C)c1ccc2c(c1-c1nccc(-c3cc(-c4ccccc4)c(-c4ccccc4)c(-c4ccccc4)c3-c3ccccc3)n1)Oc1ccccc1C2(C)C. The van der Waals surface area contributed by atoms with Crippen LogP contribution in [-0.4, -0.2) is 9.97 Å². The monoisotopic (exact) mass is 724 g/mol. The topological polar surface area (TPSA) is 35.0 Å². The highest BCUT2D eigenvalue weighted by Crippen LogP contribution is 2.54. The number of benzene rings is 7. The molecule has 0 unspecified atom stereocenters. The zero-order chi connectivity index (χ0) is 38.4. The summed E-state index contributed by atoms with van der Waals surface area (Å²) in [4.78, 5) is 10.6. The number of ether oxygens (including phenoxy) is 1. The number of aromatic nitrogens is 2. The van der Waals surface area contributed by atoms with Crippen molar-refractivity contribution in [1.29, 1.82) is 0 Å². The van der Waals surface area contributed by atoms with Crippen LogP contribution in [0.4, 0.5) is 0 Å². The van der Waals surface area contributed by atoms with Crippen molar-refractivity contribution in [2.45, 2.75) is 45.4 Å². The number of para-hydroxylation sites is 1. The van der Waals surface area contributed by atoms with E-state index < -0.39 is 0 Å². The molecule has 0 bridgehead atoms. The summed E-state index contributed by atoms with van der Waals surface area (Å²) in [6.07, 6.45) is 1.91. The fraction of sp³-hybridized carbons (Fsp3) is 0.132. The van der Waals surface area contributed by atoms with Gasteiger partial charge in [-0.15, -0.1) is 0 Å². The number of fused-ring (bicyclic) bond motifs is 2. The fourth-order valence-electron chi connectivity index (χ4n) is 8.42. The van der Waals surface area contributed by atoms with E-state index in [-0.39, 0.29) is 10.8 Å². The lowest BCUT2D eigenvalue weighted by atomic mass is 9.73. The van der Waals surface area contributed by atoms with Crippen LogP contribution in [0.15, 0.2) is 176 Å². The van der Waals surface area contributed by atoms with Gasteiger partial charge in [-0.3, -0.25) is 0 Å². The van der Waals surface area contributed by atoms with E-state index >= 15 is 0 Å². The van der Waals surface area contributed by atoms with Crippen molar-refractivity contribution in [3.8, 4) is 78.7 Å². The maximum Gasteiger partial charge on any atom is 0.163 e. The van der Waals surface area contributed by atoms with Crippen molar-refractivity contribution >= 4 is 0 Å². The second kappa shape index (κ2) is 13.9. The summed E-state index contributed by atoms with van der Waals surface area (Å²) in [5, 5.41) is 0. The molecule has 56 heavy (non-hydrogen) atoms. The maximum absolute atomic E-state index is 6.91. The summed E-state index contributed by atoms with van der Waals surface area (Å²) in [6.45, 7) is 11.3. The van der Waals surface area contributed by atoms with E-state index in [4.69, 9.17) is 14.7 Å². The standard InChI is InChI=1S/C53H44N2O/c1-52(2,3)42-30-31-43-50(56-45-29-19-18-28-41(45)53(43,4)5)49(42)51-54-33-32-44(55-51)40-34-39(35-20-10-6-11-21-35)46(36-22-12-7-13-23-36)48(38-26-16-9-17-27-38)47(40)37-24-14-8-15-25-37/h6-34H,1-5H3. The molecule has 0 spiro atoms. The number of hydrogen-bond acceptors (Lipinski definition) is 3. The molecule has 3 nitrogen and oxygen atoms in total. The van der Waals surface area contributed by atoms with Crippen LogP contribution in [0.5, 0.6) is 11.5 Å². The molecule has 3 heteroatoms. The van der Waals surface area contributed by atoms with Gasteiger partial charge in [-0.2, -0.15) is 0 Å². The molecule has 0 atom stereocenters. The molecule has 2 heterocycles. The van der Waals surface area contributed by atoms with Crippen LogP contribution in [0, 0.1) is 0 Å². The molecule has 272 valence electrons. The van der Waals surface area contributed by atoms with E-state index in [1.165, 1.54) is 11.1 Å². The average Bonchev–Trinajstić information content (AvgIpc) is 3.23. The predicted molar refractivity (Wildman–Crippen MR) is 232 cm³/mol. The molecule has 0 radical (unpaired) electrons. The van der Waals surface area contributed by atoms with Crippen LogP contribution in [-0.2, 0) is 10.8 Å². The second-order valence-corrected chi connectivity index (χ2v) is 16.2. The molecular formula is C53H44N2O. The van der Waals surface area contributed by atoms with E-state index in [1.807, 2.05) is 12.3 Å². The van der Waals surface area contributed by atoms with Gasteiger partial charge in [0.1, 0.15) is 11.5 Å². The average molecular weight is 725 g/mol. The van der Waals surface area contributed by atoms with Gasteiger partial charge in [-0.1, -0.05) is 186 Å². The van der Waals surface area contributed by atoms with Crippen LogP contribution in [0.2, 0.25) is 0 Å². The molecule has 7 aromatic carbocycles. The summed E-state index contributed by atoms with van der Waals surface area (Å²) in [6, 6.07) is 60.3. The van der Waals surface area contributed by atoms with Gasteiger partial charge in [0.25, 0.3) is 0 Å². The molecule has 0 saturated carbocycles. The third kappa shape index (κ3) is 6.10. The van der Waals surface area contributed by atoms with Crippen LogP contribution in [0.1, 0.15) is 51.3 Å². The van der Waals surface area contributed by atoms with Gasteiger partial charge in [0.15, 0.2) is 5.82 Å². The zero-order valence-electron chi connectivity index (χ0n) is 32.5. The minimum atomic E-state index is -0.282. The minimum Gasteiger partial charge on any atom is -0.456 e. The quantitative estimate of drug-likeness (QED) is 0.171. The largest absolute Gasteiger partial charge is 0.456 e. The molecule has 1 aromatic heterocycles. The first-order chi connectivity index (χ1) is 27.2. The third-order valence-corrected chi connectivity index (χ3v) is 11.2. The first-order valence-corrected chi connectivity index (χ1v) is 19.4. The van der Waals surface area contributed by atoms with Crippen molar-refractivity contribution in [2.75, 3.05) is 0 Å². The maximum atomic E-state index is 6.91. The zero-order valence-corrected chi connectivity index (χ0v) is 32.5. The van der Waals surface area contributed by atoms with Crippen molar-refractivity contribution in [2.24, 2.45) is 0 Å². The van der Waals surface area contributed by atoms with Crippen LogP contribution >= 0.6 is 0 Å². The first kappa shape index (κ1) is 35.1. The molecule has 0 amide bonds. The Bertz CT molecular complexity index is 2690. The lowest BCUT2D eigenvalue weighted by molar-refractivity contribution is 0.417. The molecule has 0 aliphatic carbocycles. The summed E-state index contributed by atoms with van der Waals surface area (Å²) in [7, 11) is 0. The van der Waals surface area contributed by atoms with Gasteiger partial charge < -0.3 is 4.74 Å². The van der Waals surface area contributed by atoms with E-state index in [2.05, 4.69) is 198 Å². The lowest BCUT2D eigenvalue weighted by Crippen LogP contribution is -2.26. The van der Waals surface area contributed by atoms with Gasteiger partial charge in [0.2, 0.25) is 0 Å².